The van der Waals surface area contributed by atoms with Crippen LogP contribution in [0.15, 0.2) is 12.2 Å². The predicted molar refractivity (Wildman–Crippen MR) is 58.7 cm³/mol. The Balaban J connectivity index is 0.000000130. The molecular weight excluding hydrogens is 212 g/mol. The molecule has 0 radical (unpaired) electrons. The average Bonchev–Trinajstić information content (AvgIpc) is 2.67. The summed E-state index contributed by atoms with van der Waals surface area (Å²) in [5, 5.41) is 0. The topological polar surface area (TPSA) is 0 Å². The molecule has 0 aromatic carbocycles. The summed E-state index contributed by atoms with van der Waals surface area (Å²) in [5.74, 6) is 1.98. The number of rotatable bonds is 1. The van der Waals surface area contributed by atoms with Crippen LogP contribution in [0.25, 0.3) is 0 Å². The Labute approximate surface area is 84.6 Å². The number of fused-ring (bicyclic) bond motifs is 2. The van der Waals surface area contributed by atoms with Crippen LogP contribution < -0.4 is 0 Å². The maximum absolute atomic E-state index is 3.37. The van der Waals surface area contributed by atoms with Gasteiger partial charge in [-0.05, 0) is 37.5 Å². The van der Waals surface area contributed by atoms with Gasteiger partial charge in [0.25, 0.3) is 0 Å². The summed E-state index contributed by atoms with van der Waals surface area (Å²) in [6, 6.07) is 0. The highest BCUT2D eigenvalue weighted by molar-refractivity contribution is 9.09. The molecule has 1 fully saturated rings. The Hall–Kier alpha value is 0.220. The molecule has 0 heterocycles. The van der Waals surface area contributed by atoms with E-state index in [1.165, 1.54) is 25.7 Å². The zero-order chi connectivity index (χ0) is 8.97. The standard InChI is InChI=1S/C7H10.C4H9Br/c1-2-7-4-3-6(1)5-7;1-3-4(2)5/h1-2,6-7H,3-5H2;4H,3H2,1-2H3. The van der Waals surface area contributed by atoms with Crippen LogP contribution in [0.2, 0.25) is 0 Å². The van der Waals surface area contributed by atoms with Crippen molar-refractivity contribution in [3.63, 3.8) is 0 Å². The molecule has 0 aromatic heterocycles. The molecule has 70 valence electrons. The first kappa shape index (κ1) is 10.3. The number of hydrogen-bond donors (Lipinski definition) is 0. The number of alkyl halides is 1. The van der Waals surface area contributed by atoms with E-state index in [-0.39, 0.29) is 0 Å². The van der Waals surface area contributed by atoms with Gasteiger partial charge in [-0.3, -0.25) is 0 Å². The molecule has 0 aliphatic heterocycles. The van der Waals surface area contributed by atoms with Crippen LogP contribution in [-0.4, -0.2) is 4.83 Å². The highest BCUT2D eigenvalue weighted by Gasteiger charge is 2.25. The van der Waals surface area contributed by atoms with Gasteiger partial charge in [0.05, 0.1) is 0 Å². The summed E-state index contributed by atoms with van der Waals surface area (Å²) in [7, 11) is 0. The maximum atomic E-state index is 3.37. The van der Waals surface area contributed by atoms with Crippen LogP contribution in [0, 0.1) is 11.8 Å². The van der Waals surface area contributed by atoms with Gasteiger partial charge in [-0.15, -0.1) is 0 Å². The first-order chi connectivity index (χ1) is 5.72. The third-order valence-electron chi connectivity index (χ3n) is 2.73. The Bertz CT molecular complexity index is 137. The average molecular weight is 231 g/mol. The van der Waals surface area contributed by atoms with Gasteiger partial charge in [0.2, 0.25) is 0 Å². The van der Waals surface area contributed by atoms with Crippen LogP contribution in [0.5, 0.6) is 0 Å². The van der Waals surface area contributed by atoms with E-state index in [9.17, 15) is 0 Å². The van der Waals surface area contributed by atoms with E-state index in [0.717, 1.165) is 11.8 Å². The third-order valence-corrected chi connectivity index (χ3v) is 3.38. The van der Waals surface area contributed by atoms with Gasteiger partial charge in [-0.1, -0.05) is 41.9 Å². The molecule has 0 saturated heterocycles. The Kier molecular flexibility index (Phi) is 4.34. The summed E-state index contributed by atoms with van der Waals surface area (Å²) in [6.07, 6.45) is 10.4. The minimum atomic E-state index is 0.697. The maximum Gasteiger partial charge on any atom is 0.0114 e. The number of hydrogen-bond acceptors (Lipinski definition) is 0. The normalized spacial score (nSPS) is 32.9. The molecule has 0 N–H and O–H groups in total. The lowest BCUT2D eigenvalue weighted by Gasteiger charge is -1.96. The summed E-state index contributed by atoms with van der Waals surface area (Å²) in [6.45, 7) is 4.29. The van der Waals surface area contributed by atoms with Crippen LogP contribution in [0.1, 0.15) is 39.5 Å². The van der Waals surface area contributed by atoms with E-state index in [1.54, 1.807) is 0 Å². The van der Waals surface area contributed by atoms with Gasteiger partial charge >= 0.3 is 0 Å². The van der Waals surface area contributed by atoms with Crippen molar-refractivity contribution in [3.05, 3.63) is 12.2 Å². The fourth-order valence-corrected chi connectivity index (χ4v) is 1.72. The molecule has 3 unspecified atom stereocenters. The highest BCUT2D eigenvalue weighted by atomic mass is 79.9. The fourth-order valence-electron chi connectivity index (χ4n) is 1.72. The molecule has 2 aliphatic carbocycles. The summed E-state index contributed by atoms with van der Waals surface area (Å²) >= 11 is 3.37. The molecule has 2 rings (SSSR count). The molecule has 2 aliphatic rings. The molecule has 0 aromatic rings. The fraction of sp³-hybridized carbons (Fsp3) is 0.818. The molecule has 2 bridgehead atoms. The predicted octanol–water partition coefficient (Wildman–Crippen LogP) is 4.15. The van der Waals surface area contributed by atoms with Crippen molar-refractivity contribution in [2.45, 2.75) is 44.4 Å². The molecular formula is C11H19Br. The highest BCUT2D eigenvalue weighted by Crippen LogP contribution is 2.38. The molecule has 3 atom stereocenters. The zero-order valence-electron chi connectivity index (χ0n) is 8.09. The monoisotopic (exact) mass is 230 g/mol. The van der Waals surface area contributed by atoms with Gasteiger partial charge in [0.15, 0.2) is 0 Å². The van der Waals surface area contributed by atoms with Crippen LogP contribution in [0.4, 0.5) is 0 Å². The minimum Gasteiger partial charge on any atom is -0.0894 e. The van der Waals surface area contributed by atoms with E-state index >= 15 is 0 Å². The lowest BCUT2D eigenvalue weighted by Crippen LogP contribution is -1.82. The van der Waals surface area contributed by atoms with Gasteiger partial charge in [-0.25, -0.2) is 0 Å². The van der Waals surface area contributed by atoms with Crippen molar-refractivity contribution in [2.24, 2.45) is 11.8 Å². The molecule has 1 heteroatoms. The summed E-state index contributed by atoms with van der Waals surface area (Å²) in [4.78, 5) is 0.697. The smallest absolute Gasteiger partial charge is 0.0114 e. The lowest BCUT2D eigenvalue weighted by atomic mass is 10.1. The van der Waals surface area contributed by atoms with Crippen molar-refractivity contribution in [3.8, 4) is 0 Å². The van der Waals surface area contributed by atoms with Crippen LogP contribution in [-0.2, 0) is 0 Å². The van der Waals surface area contributed by atoms with E-state index in [4.69, 9.17) is 0 Å². The molecule has 0 amide bonds. The lowest BCUT2D eigenvalue weighted by molar-refractivity contribution is 0.691. The second-order valence-corrected chi connectivity index (χ2v) is 5.47. The van der Waals surface area contributed by atoms with Crippen molar-refractivity contribution in [2.75, 3.05) is 0 Å². The Morgan fingerprint density at radius 3 is 1.83 bits per heavy atom. The first-order valence-electron chi connectivity index (χ1n) is 5.04. The van der Waals surface area contributed by atoms with Crippen molar-refractivity contribution >= 4 is 15.9 Å². The Morgan fingerprint density at radius 1 is 1.33 bits per heavy atom. The largest absolute Gasteiger partial charge is 0.0894 e. The van der Waals surface area contributed by atoms with Gasteiger partial charge in [0, 0.05) is 4.83 Å². The van der Waals surface area contributed by atoms with Gasteiger partial charge in [-0.2, -0.15) is 0 Å². The van der Waals surface area contributed by atoms with Crippen LogP contribution in [0.3, 0.4) is 0 Å². The summed E-state index contributed by atoms with van der Waals surface area (Å²) in [5.41, 5.74) is 0. The SMILES string of the molecule is C1=CC2CCC1C2.CCC(C)Br. The van der Waals surface area contributed by atoms with E-state index in [2.05, 4.69) is 41.9 Å². The Morgan fingerprint density at radius 2 is 1.75 bits per heavy atom. The van der Waals surface area contributed by atoms with Crippen molar-refractivity contribution in [1.82, 2.24) is 0 Å². The number of allylic oxidation sites excluding steroid dienone is 2. The van der Waals surface area contributed by atoms with Gasteiger partial charge in [0.1, 0.15) is 0 Å². The summed E-state index contributed by atoms with van der Waals surface area (Å²) < 4.78 is 0. The van der Waals surface area contributed by atoms with E-state index in [0.29, 0.717) is 4.83 Å². The molecule has 1 saturated carbocycles. The van der Waals surface area contributed by atoms with Crippen molar-refractivity contribution in [1.29, 1.82) is 0 Å². The van der Waals surface area contributed by atoms with E-state index in [1.807, 2.05) is 0 Å². The quantitative estimate of drug-likeness (QED) is 0.469. The van der Waals surface area contributed by atoms with E-state index < -0.39 is 0 Å². The minimum absolute atomic E-state index is 0.697. The number of halogens is 1. The molecule has 12 heavy (non-hydrogen) atoms. The third kappa shape index (κ3) is 3.30. The van der Waals surface area contributed by atoms with Gasteiger partial charge < -0.3 is 0 Å². The second kappa shape index (κ2) is 5.06. The first-order valence-corrected chi connectivity index (χ1v) is 5.96. The molecule has 0 spiro atoms. The molecule has 0 nitrogen and oxygen atoms in total. The zero-order valence-corrected chi connectivity index (χ0v) is 9.68. The van der Waals surface area contributed by atoms with Crippen molar-refractivity contribution < 1.29 is 0 Å². The van der Waals surface area contributed by atoms with Crippen LogP contribution >= 0.6 is 15.9 Å². The second-order valence-electron chi connectivity index (χ2n) is 3.91.